The summed E-state index contributed by atoms with van der Waals surface area (Å²) in [5.74, 6) is 0.464. The van der Waals surface area contributed by atoms with Crippen molar-refractivity contribution >= 4 is 15.9 Å². The van der Waals surface area contributed by atoms with Gasteiger partial charge < -0.3 is 4.90 Å². The van der Waals surface area contributed by atoms with Gasteiger partial charge in [-0.3, -0.25) is 4.79 Å². The first kappa shape index (κ1) is 21.5. The van der Waals surface area contributed by atoms with Gasteiger partial charge in [-0.25, -0.2) is 8.42 Å². The van der Waals surface area contributed by atoms with Crippen LogP contribution >= 0.6 is 0 Å². The molecule has 6 heteroatoms. The summed E-state index contributed by atoms with van der Waals surface area (Å²) in [7, 11) is -1.87. The van der Waals surface area contributed by atoms with Gasteiger partial charge in [0, 0.05) is 25.7 Å². The van der Waals surface area contributed by atoms with E-state index in [1.54, 1.807) is 34.5 Å². The number of carbonyl (C=O) groups excluding carboxylic acids is 1. The number of benzene rings is 2. The molecule has 29 heavy (non-hydrogen) atoms. The molecule has 1 fully saturated rings. The van der Waals surface area contributed by atoms with Crippen LogP contribution in [0.5, 0.6) is 0 Å². The minimum atomic E-state index is -3.62. The van der Waals surface area contributed by atoms with Gasteiger partial charge in [0.1, 0.15) is 0 Å². The third-order valence-corrected chi connectivity index (χ3v) is 7.57. The summed E-state index contributed by atoms with van der Waals surface area (Å²) in [6.45, 7) is 7.17. The normalized spacial score (nSPS) is 21.5. The maximum atomic E-state index is 13.2. The molecular formula is C23H30N2O3S. The van der Waals surface area contributed by atoms with Crippen molar-refractivity contribution in [3.05, 3.63) is 65.7 Å². The Labute approximate surface area is 174 Å². The van der Waals surface area contributed by atoms with Crippen LogP contribution < -0.4 is 0 Å². The quantitative estimate of drug-likeness (QED) is 0.737. The standard InChI is InChI=1S/C23H30N2O3S/c1-17-13-18(2)16-25(15-17)29(27,28)22-12-8-11-21(14-22)23(26)24(4)19(3)20-9-6-5-7-10-20/h5-12,14,17-19H,13,15-16H2,1-4H3. The lowest BCUT2D eigenvalue weighted by Gasteiger charge is -2.34. The van der Waals surface area contributed by atoms with E-state index in [2.05, 4.69) is 13.8 Å². The van der Waals surface area contributed by atoms with Crippen LogP contribution in [0.2, 0.25) is 0 Å². The lowest BCUT2D eigenvalue weighted by atomic mass is 9.94. The van der Waals surface area contributed by atoms with E-state index in [9.17, 15) is 13.2 Å². The summed E-state index contributed by atoms with van der Waals surface area (Å²) in [6.07, 6.45) is 1.03. The Balaban J connectivity index is 1.84. The van der Waals surface area contributed by atoms with Crippen LogP contribution in [0.25, 0.3) is 0 Å². The number of nitrogens with zero attached hydrogens (tertiary/aromatic N) is 2. The zero-order valence-corrected chi connectivity index (χ0v) is 18.4. The van der Waals surface area contributed by atoms with Gasteiger partial charge in [-0.05, 0) is 48.9 Å². The molecule has 0 aromatic heterocycles. The number of sulfonamides is 1. The zero-order valence-electron chi connectivity index (χ0n) is 17.6. The van der Waals surface area contributed by atoms with Crippen LogP contribution in [0.3, 0.4) is 0 Å². The molecule has 0 aliphatic carbocycles. The summed E-state index contributed by atoms with van der Waals surface area (Å²) < 4.78 is 27.9. The number of rotatable bonds is 5. The molecule has 1 amide bonds. The smallest absolute Gasteiger partial charge is 0.254 e. The molecule has 3 unspecified atom stereocenters. The molecule has 1 heterocycles. The Kier molecular flexibility index (Phi) is 6.44. The summed E-state index contributed by atoms with van der Waals surface area (Å²) in [5, 5.41) is 0. The van der Waals surface area contributed by atoms with Crippen molar-refractivity contribution in [3.8, 4) is 0 Å². The van der Waals surface area contributed by atoms with Gasteiger partial charge in [-0.2, -0.15) is 4.31 Å². The SMILES string of the molecule is CC1CC(C)CN(S(=O)(=O)c2cccc(C(=O)N(C)C(C)c3ccccc3)c2)C1. The van der Waals surface area contributed by atoms with Crippen molar-refractivity contribution in [3.63, 3.8) is 0 Å². The van der Waals surface area contributed by atoms with E-state index in [0.29, 0.717) is 30.5 Å². The highest BCUT2D eigenvalue weighted by Gasteiger charge is 2.32. The Morgan fingerprint density at radius 2 is 1.66 bits per heavy atom. The molecule has 2 aromatic carbocycles. The number of piperidine rings is 1. The Hall–Kier alpha value is -2.18. The molecule has 0 spiro atoms. The number of amides is 1. The van der Waals surface area contributed by atoms with Gasteiger partial charge in [-0.1, -0.05) is 50.2 Å². The van der Waals surface area contributed by atoms with Crippen LogP contribution in [0.15, 0.2) is 59.5 Å². The summed E-state index contributed by atoms with van der Waals surface area (Å²) >= 11 is 0. The molecule has 1 saturated heterocycles. The summed E-state index contributed by atoms with van der Waals surface area (Å²) in [5.41, 5.74) is 1.41. The van der Waals surface area contributed by atoms with Gasteiger partial charge in [0.15, 0.2) is 0 Å². The fourth-order valence-electron chi connectivity index (χ4n) is 4.08. The molecule has 0 saturated carbocycles. The molecule has 0 N–H and O–H groups in total. The van der Waals surface area contributed by atoms with Crippen molar-refractivity contribution in [2.24, 2.45) is 11.8 Å². The maximum absolute atomic E-state index is 13.2. The molecule has 1 aliphatic heterocycles. The molecule has 3 rings (SSSR count). The highest BCUT2D eigenvalue weighted by Crippen LogP contribution is 2.28. The average Bonchev–Trinajstić information content (AvgIpc) is 2.72. The van der Waals surface area contributed by atoms with E-state index >= 15 is 0 Å². The van der Waals surface area contributed by atoms with Gasteiger partial charge in [0.05, 0.1) is 10.9 Å². The van der Waals surface area contributed by atoms with Gasteiger partial charge >= 0.3 is 0 Å². The first-order valence-corrected chi connectivity index (χ1v) is 11.6. The summed E-state index contributed by atoms with van der Waals surface area (Å²) in [6, 6.07) is 16.1. The minimum absolute atomic E-state index is 0.118. The van der Waals surface area contributed by atoms with E-state index < -0.39 is 10.0 Å². The average molecular weight is 415 g/mol. The third-order valence-electron chi connectivity index (χ3n) is 5.74. The molecule has 0 bridgehead atoms. The molecule has 1 aliphatic rings. The Bertz CT molecular complexity index is 949. The third kappa shape index (κ3) is 4.70. The van der Waals surface area contributed by atoms with Crippen molar-refractivity contribution in [1.82, 2.24) is 9.21 Å². The maximum Gasteiger partial charge on any atom is 0.254 e. The second kappa shape index (κ2) is 8.67. The number of hydrogen-bond donors (Lipinski definition) is 0. The highest BCUT2D eigenvalue weighted by atomic mass is 32.2. The van der Waals surface area contributed by atoms with Crippen molar-refractivity contribution < 1.29 is 13.2 Å². The van der Waals surface area contributed by atoms with E-state index in [-0.39, 0.29) is 16.8 Å². The Morgan fingerprint density at radius 1 is 1.03 bits per heavy atom. The van der Waals surface area contributed by atoms with Gasteiger partial charge in [0.2, 0.25) is 10.0 Å². The van der Waals surface area contributed by atoms with E-state index in [0.717, 1.165) is 12.0 Å². The first-order valence-electron chi connectivity index (χ1n) is 10.1. The molecular weight excluding hydrogens is 384 g/mol. The number of carbonyl (C=O) groups is 1. The number of hydrogen-bond acceptors (Lipinski definition) is 3. The second-order valence-corrected chi connectivity index (χ2v) is 10.2. The topological polar surface area (TPSA) is 57.7 Å². The van der Waals surface area contributed by atoms with Crippen molar-refractivity contribution in [2.75, 3.05) is 20.1 Å². The van der Waals surface area contributed by atoms with E-state index in [4.69, 9.17) is 0 Å². The first-order chi connectivity index (χ1) is 13.7. The monoisotopic (exact) mass is 414 g/mol. The minimum Gasteiger partial charge on any atom is -0.335 e. The lowest BCUT2D eigenvalue weighted by molar-refractivity contribution is 0.0742. The molecule has 0 radical (unpaired) electrons. The Morgan fingerprint density at radius 3 is 2.28 bits per heavy atom. The molecule has 156 valence electrons. The van der Waals surface area contributed by atoms with Crippen LogP contribution in [-0.4, -0.2) is 43.7 Å². The fraction of sp³-hybridized carbons (Fsp3) is 0.435. The predicted octanol–water partition coefficient (Wildman–Crippen LogP) is 4.19. The largest absolute Gasteiger partial charge is 0.335 e. The van der Waals surface area contributed by atoms with Crippen LogP contribution in [0.1, 0.15) is 49.2 Å². The van der Waals surface area contributed by atoms with Crippen LogP contribution in [-0.2, 0) is 10.0 Å². The van der Waals surface area contributed by atoms with Crippen molar-refractivity contribution in [1.29, 1.82) is 0 Å². The van der Waals surface area contributed by atoms with E-state index in [1.165, 1.54) is 6.07 Å². The molecule has 3 atom stereocenters. The van der Waals surface area contributed by atoms with E-state index in [1.807, 2.05) is 37.3 Å². The molecule has 2 aromatic rings. The summed E-state index contributed by atoms with van der Waals surface area (Å²) in [4.78, 5) is 14.9. The van der Waals surface area contributed by atoms with Gasteiger partial charge in [-0.15, -0.1) is 0 Å². The fourth-order valence-corrected chi connectivity index (χ4v) is 5.80. The second-order valence-electron chi connectivity index (χ2n) is 8.30. The lowest BCUT2D eigenvalue weighted by Crippen LogP contribution is -2.42. The zero-order chi connectivity index (χ0) is 21.2. The highest BCUT2D eigenvalue weighted by molar-refractivity contribution is 7.89. The van der Waals surface area contributed by atoms with Gasteiger partial charge in [0.25, 0.3) is 5.91 Å². The van der Waals surface area contributed by atoms with Crippen LogP contribution in [0, 0.1) is 11.8 Å². The van der Waals surface area contributed by atoms with Crippen molar-refractivity contribution in [2.45, 2.75) is 38.1 Å². The molecule has 5 nitrogen and oxygen atoms in total. The van der Waals surface area contributed by atoms with Crippen LogP contribution in [0.4, 0.5) is 0 Å². The predicted molar refractivity (Wildman–Crippen MR) is 115 cm³/mol.